The zero-order valence-corrected chi connectivity index (χ0v) is 12.2. The van der Waals surface area contributed by atoms with E-state index in [-0.39, 0.29) is 11.1 Å². The van der Waals surface area contributed by atoms with Gasteiger partial charge in [-0.1, -0.05) is 12.8 Å². The molecule has 1 aliphatic heterocycles. The highest BCUT2D eigenvalue weighted by atomic mass is 16.7. The highest BCUT2D eigenvalue weighted by molar-refractivity contribution is 4.96. The van der Waals surface area contributed by atoms with Crippen molar-refractivity contribution in [1.82, 2.24) is 10.8 Å². The minimum atomic E-state index is 0.113. The van der Waals surface area contributed by atoms with E-state index in [1.807, 2.05) is 0 Å². The second kappa shape index (κ2) is 5.68. The topological polar surface area (TPSA) is 36.3 Å². The molecule has 0 aromatic heterocycles. The molecule has 0 saturated carbocycles. The highest BCUT2D eigenvalue weighted by Gasteiger charge is 2.45. The van der Waals surface area contributed by atoms with Gasteiger partial charge in [0.05, 0.1) is 7.11 Å². The Labute approximate surface area is 107 Å². The van der Waals surface area contributed by atoms with Crippen LogP contribution in [0.4, 0.5) is 0 Å². The van der Waals surface area contributed by atoms with Crippen LogP contribution in [-0.4, -0.2) is 29.8 Å². The van der Waals surface area contributed by atoms with Crippen LogP contribution in [0.15, 0.2) is 0 Å². The van der Waals surface area contributed by atoms with Crippen molar-refractivity contribution >= 4 is 0 Å². The van der Waals surface area contributed by atoms with Gasteiger partial charge >= 0.3 is 0 Å². The first-order valence-electron chi connectivity index (χ1n) is 6.82. The number of hydroxylamine groups is 2. The molecule has 17 heavy (non-hydrogen) atoms. The van der Waals surface area contributed by atoms with Gasteiger partial charge in [0, 0.05) is 17.6 Å². The molecule has 0 bridgehead atoms. The Hall–Kier alpha value is -0.120. The van der Waals surface area contributed by atoms with Crippen LogP contribution in [-0.2, 0) is 4.84 Å². The van der Waals surface area contributed by atoms with Gasteiger partial charge in [0.15, 0.2) is 0 Å². The minimum Gasteiger partial charge on any atom is -0.301 e. The third-order valence-electron chi connectivity index (χ3n) is 3.90. The third kappa shape index (κ3) is 3.67. The zero-order valence-electron chi connectivity index (χ0n) is 12.2. The monoisotopic (exact) mass is 241 g/mol. The van der Waals surface area contributed by atoms with Crippen molar-refractivity contribution in [1.29, 1.82) is 0 Å². The molecule has 3 nitrogen and oxygen atoms in total. The van der Waals surface area contributed by atoms with Crippen molar-refractivity contribution in [3.05, 3.63) is 0 Å². The average molecular weight is 241 g/mol. The summed E-state index contributed by atoms with van der Waals surface area (Å²) < 4.78 is 0. The molecule has 1 radical (unpaired) electrons. The fraction of sp³-hybridized carbons (Fsp3) is 1.00. The summed E-state index contributed by atoms with van der Waals surface area (Å²) in [5, 5.41) is 2.17. The number of nitrogens with one attached hydrogen (secondary N) is 1. The molecule has 1 fully saturated rings. The van der Waals surface area contributed by atoms with Crippen molar-refractivity contribution < 1.29 is 4.84 Å². The van der Waals surface area contributed by atoms with Gasteiger partial charge in [-0.2, -0.15) is 5.06 Å². The predicted octanol–water partition coefficient (Wildman–Crippen LogP) is 3.27. The smallest absolute Gasteiger partial charge is 0.0575 e. The number of rotatable bonds is 5. The Kier molecular flexibility index (Phi) is 4.99. The molecule has 0 unspecified atom stereocenters. The molecule has 1 rings (SSSR count). The molecule has 0 spiro atoms. The highest BCUT2D eigenvalue weighted by Crippen LogP contribution is 2.42. The Morgan fingerprint density at radius 1 is 1.12 bits per heavy atom. The number of nitrogens with zero attached hydrogens (tertiary/aromatic N) is 1. The van der Waals surface area contributed by atoms with Crippen molar-refractivity contribution in [2.24, 2.45) is 5.92 Å². The number of piperidine rings is 1. The van der Waals surface area contributed by atoms with E-state index >= 15 is 0 Å². The maximum Gasteiger partial charge on any atom is 0.0575 e. The Morgan fingerprint density at radius 3 is 2.06 bits per heavy atom. The normalized spacial score (nSPS) is 25.1. The van der Waals surface area contributed by atoms with Crippen LogP contribution < -0.4 is 5.73 Å². The quantitative estimate of drug-likeness (QED) is 0.693. The molecule has 3 heteroatoms. The standard InChI is InChI=1S/C14H29N2O/c1-13(2)10-12(8-6-7-9-15)11-14(3,4)16(13)17-5/h12,15H,6-11H2,1-5H3. The summed E-state index contributed by atoms with van der Waals surface area (Å²) in [6.07, 6.45) is 5.91. The first-order valence-corrected chi connectivity index (χ1v) is 6.82. The van der Waals surface area contributed by atoms with Gasteiger partial charge in [-0.3, -0.25) is 5.73 Å². The molecule has 1 saturated heterocycles. The summed E-state index contributed by atoms with van der Waals surface area (Å²) in [5.74, 6) is 0.776. The van der Waals surface area contributed by atoms with Crippen molar-refractivity contribution in [2.45, 2.75) is 70.9 Å². The predicted molar refractivity (Wildman–Crippen MR) is 71.5 cm³/mol. The summed E-state index contributed by atoms with van der Waals surface area (Å²) >= 11 is 0. The molecule has 0 aromatic carbocycles. The molecule has 101 valence electrons. The van der Waals surface area contributed by atoms with Crippen LogP contribution in [0.3, 0.4) is 0 Å². The van der Waals surface area contributed by atoms with Crippen molar-refractivity contribution in [2.75, 3.05) is 13.7 Å². The first-order chi connectivity index (χ1) is 7.83. The average Bonchev–Trinajstić information content (AvgIpc) is 2.14. The zero-order chi connectivity index (χ0) is 13.1. The number of unbranched alkanes of at least 4 members (excludes halogenated alkanes) is 1. The lowest BCUT2D eigenvalue weighted by Gasteiger charge is -2.53. The molecule has 0 aliphatic carbocycles. The number of hydrogen-bond acceptors (Lipinski definition) is 2. The molecule has 1 N–H and O–H groups in total. The Morgan fingerprint density at radius 2 is 1.65 bits per heavy atom. The van der Waals surface area contributed by atoms with Gasteiger partial charge in [0.1, 0.15) is 0 Å². The Balaban J connectivity index is 2.63. The fourth-order valence-corrected chi connectivity index (χ4v) is 3.73. The van der Waals surface area contributed by atoms with E-state index in [0.717, 1.165) is 12.3 Å². The molecular formula is C14H29N2O. The van der Waals surface area contributed by atoms with Crippen molar-refractivity contribution in [3.63, 3.8) is 0 Å². The van der Waals surface area contributed by atoms with Gasteiger partial charge < -0.3 is 4.84 Å². The number of hydrogen-bond donors (Lipinski definition) is 0. The van der Waals surface area contributed by atoms with Crippen LogP contribution in [0.25, 0.3) is 0 Å². The lowest BCUT2D eigenvalue weighted by atomic mass is 9.73. The van der Waals surface area contributed by atoms with Crippen LogP contribution in [0.1, 0.15) is 59.8 Å². The summed E-state index contributed by atoms with van der Waals surface area (Å²) in [6, 6.07) is 0. The first kappa shape index (κ1) is 14.9. The largest absolute Gasteiger partial charge is 0.301 e. The van der Waals surface area contributed by atoms with E-state index in [0.29, 0.717) is 6.54 Å². The SMILES string of the molecule is CON1C(C)(C)CC(CCCC[NH])CC1(C)C. The summed E-state index contributed by atoms with van der Waals surface area (Å²) in [4.78, 5) is 5.60. The van der Waals surface area contributed by atoms with Crippen LogP contribution in [0.2, 0.25) is 0 Å². The lowest BCUT2D eigenvalue weighted by Crippen LogP contribution is -2.59. The van der Waals surface area contributed by atoms with Gasteiger partial charge in [0.2, 0.25) is 0 Å². The summed E-state index contributed by atoms with van der Waals surface area (Å²) in [6.45, 7) is 9.66. The molecule has 0 aromatic rings. The van der Waals surface area contributed by atoms with E-state index in [1.165, 1.54) is 25.7 Å². The molecule has 1 aliphatic rings. The Bertz CT molecular complexity index is 220. The van der Waals surface area contributed by atoms with Crippen LogP contribution in [0, 0.1) is 5.92 Å². The van der Waals surface area contributed by atoms with Crippen molar-refractivity contribution in [3.8, 4) is 0 Å². The second-order valence-corrected chi connectivity index (χ2v) is 6.62. The maximum absolute atomic E-state index is 7.21. The van der Waals surface area contributed by atoms with E-state index in [9.17, 15) is 0 Å². The van der Waals surface area contributed by atoms with E-state index in [1.54, 1.807) is 7.11 Å². The van der Waals surface area contributed by atoms with E-state index in [4.69, 9.17) is 10.6 Å². The van der Waals surface area contributed by atoms with Crippen LogP contribution >= 0.6 is 0 Å². The molecule has 1 heterocycles. The second-order valence-electron chi connectivity index (χ2n) is 6.62. The maximum atomic E-state index is 7.21. The molecule has 0 amide bonds. The van der Waals surface area contributed by atoms with Gasteiger partial charge in [-0.05, 0) is 52.9 Å². The summed E-state index contributed by atoms with van der Waals surface area (Å²) in [7, 11) is 1.78. The van der Waals surface area contributed by atoms with Gasteiger partial charge in [-0.25, -0.2) is 0 Å². The fourth-order valence-electron chi connectivity index (χ4n) is 3.73. The third-order valence-corrected chi connectivity index (χ3v) is 3.90. The van der Waals surface area contributed by atoms with E-state index in [2.05, 4.69) is 32.8 Å². The lowest BCUT2D eigenvalue weighted by molar-refractivity contribution is -0.272. The van der Waals surface area contributed by atoms with Gasteiger partial charge in [0.25, 0.3) is 0 Å². The molecule has 0 atom stereocenters. The summed E-state index contributed by atoms with van der Waals surface area (Å²) in [5.41, 5.74) is 7.44. The van der Waals surface area contributed by atoms with Crippen LogP contribution in [0.5, 0.6) is 0 Å². The molecular weight excluding hydrogens is 212 g/mol. The minimum absolute atomic E-state index is 0.113. The van der Waals surface area contributed by atoms with E-state index < -0.39 is 0 Å². The van der Waals surface area contributed by atoms with Gasteiger partial charge in [-0.15, -0.1) is 0 Å².